The van der Waals surface area contributed by atoms with Crippen molar-refractivity contribution in [3.05, 3.63) is 35.2 Å². The zero-order valence-electron chi connectivity index (χ0n) is 8.07. The predicted molar refractivity (Wildman–Crippen MR) is 55.5 cm³/mol. The molecule has 0 saturated heterocycles. The second-order valence-corrected chi connectivity index (χ2v) is 2.82. The molecule has 1 aromatic rings. The summed E-state index contributed by atoms with van der Waals surface area (Å²) in [6.07, 6.45) is 5.32. The van der Waals surface area contributed by atoms with E-state index in [4.69, 9.17) is 5.21 Å². The molecule has 0 atom stereocenters. The van der Waals surface area contributed by atoms with Gasteiger partial charge < -0.3 is 5.11 Å². The van der Waals surface area contributed by atoms with Crippen LogP contribution in [0.15, 0.2) is 24.8 Å². The molecule has 3 nitrogen and oxygen atoms in total. The Kier molecular flexibility index (Phi) is 3.45. The fraction of sp³-hybridized carbons (Fsp3) is 0.0909. The van der Waals surface area contributed by atoms with Gasteiger partial charge in [0.1, 0.15) is 0 Å². The maximum Gasteiger partial charge on any atom is 0.211 e. The molecule has 0 unspecified atom stereocenters. The largest absolute Gasteiger partial charge is 0.503 e. The van der Waals surface area contributed by atoms with Crippen molar-refractivity contribution < 1.29 is 15.8 Å². The van der Waals surface area contributed by atoms with Crippen molar-refractivity contribution in [1.82, 2.24) is 0 Å². The van der Waals surface area contributed by atoms with Crippen LogP contribution in [-0.2, 0) is 0 Å². The van der Waals surface area contributed by atoms with Crippen LogP contribution in [0.1, 0.15) is 6.92 Å². The predicted octanol–water partition coefficient (Wildman–Crippen LogP) is -0.257. The minimum Gasteiger partial charge on any atom is -0.503 e. The number of hydrogen-bond donors (Lipinski definition) is 3. The van der Waals surface area contributed by atoms with Crippen molar-refractivity contribution in [2.75, 3.05) is 0 Å². The highest BCUT2D eigenvalue weighted by atomic mass is 16.5. The molecule has 0 bridgehead atoms. The Morgan fingerprint density at radius 1 is 1.43 bits per heavy atom. The molecule has 74 valence electrons. The van der Waals surface area contributed by atoms with Gasteiger partial charge in [-0.3, -0.25) is 0 Å². The van der Waals surface area contributed by atoms with Crippen molar-refractivity contribution in [2.24, 2.45) is 0 Å². The maximum absolute atomic E-state index is 9.46. The maximum atomic E-state index is 9.46. The Morgan fingerprint density at radius 3 is 2.64 bits per heavy atom. The minimum atomic E-state index is 0.0711. The van der Waals surface area contributed by atoms with Gasteiger partial charge in [-0.15, -0.1) is 0 Å². The Morgan fingerprint density at radius 2 is 2.14 bits per heavy atom. The third-order valence-electron chi connectivity index (χ3n) is 2.01. The molecular formula is C11H14NO2+. The van der Waals surface area contributed by atoms with Crippen LogP contribution in [0.2, 0.25) is 0 Å². The normalized spacial score (nSPS) is 13.3. The first-order valence-corrected chi connectivity index (χ1v) is 4.33. The first kappa shape index (κ1) is 10.5. The van der Waals surface area contributed by atoms with Crippen LogP contribution >= 0.6 is 0 Å². The Bertz CT molecular complexity index is 449. The van der Waals surface area contributed by atoms with E-state index < -0.39 is 0 Å². The summed E-state index contributed by atoms with van der Waals surface area (Å²) in [5, 5.41) is 20.2. The molecule has 0 aliphatic carbocycles. The fourth-order valence-electron chi connectivity index (χ4n) is 1.37. The minimum absolute atomic E-state index is 0.0711. The summed E-state index contributed by atoms with van der Waals surface area (Å²) in [6.45, 7) is 5.45. The van der Waals surface area contributed by atoms with Gasteiger partial charge in [-0.25, -0.2) is 5.21 Å². The highest BCUT2D eigenvalue weighted by molar-refractivity contribution is 5.52. The number of aromatic hydroxyl groups is 1. The van der Waals surface area contributed by atoms with E-state index in [0.717, 1.165) is 15.9 Å². The van der Waals surface area contributed by atoms with E-state index in [-0.39, 0.29) is 5.75 Å². The molecule has 0 amide bonds. The first-order valence-electron chi connectivity index (χ1n) is 4.33. The molecule has 1 rings (SSSR count). The molecule has 0 saturated carbocycles. The number of phenols is 1. The summed E-state index contributed by atoms with van der Waals surface area (Å²) in [6, 6.07) is 3.32. The van der Waals surface area contributed by atoms with E-state index in [2.05, 4.69) is 6.58 Å². The van der Waals surface area contributed by atoms with Crippen LogP contribution in [0.25, 0.3) is 12.2 Å². The number of nitrogens with two attached hydrogens (primary N) is 1. The molecule has 3 heteroatoms. The second kappa shape index (κ2) is 4.60. The monoisotopic (exact) mass is 192 g/mol. The van der Waals surface area contributed by atoms with Gasteiger partial charge in [0.25, 0.3) is 0 Å². The van der Waals surface area contributed by atoms with E-state index in [9.17, 15) is 5.11 Å². The molecular weight excluding hydrogens is 178 g/mol. The number of allylic oxidation sites excluding steroid dienone is 1. The van der Waals surface area contributed by atoms with E-state index >= 15 is 0 Å². The van der Waals surface area contributed by atoms with Crippen LogP contribution in [0.3, 0.4) is 0 Å². The molecule has 1 aromatic carbocycles. The lowest BCUT2D eigenvalue weighted by molar-refractivity contribution is -0.826. The van der Waals surface area contributed by atoms with Crippen molar-refractivity contribution in [3.8, 4) is 5.75 Å². The third-order valence-corrected chi connectivity index (χ3v) is 2.01. The van der Waals surface area contributed by atoms with Crippen LogP contribution in [0.5, 0.6) is 5.75 Å². The van der Waals surface area contributed by atoms with Gasteiger partial charge in [0.15, 0.2) is 5.75 Å². The zero-order chi connectivity index (χ0) is 10.6. The lowest BCUT2D eigenvalue weighted by Crippen LogP contribution is -2.76. The first-order chi connectivity index (χ1) is 6.74. The molecule has 0 radical (unpaired) electrons. The third kappa shape index (κ3) is 1.84. The van der Waals surface area contributed by atoms with Crippen molar-refractivity contribution in [2.45, 2.75) is 6.92 Å². The number of benzene rings is 1. The van der Waals surface area contributed by atoms with E-state index in [1.54, 1.807) is 18.2 Å². The van der Waals surface area contributed by atoms with Crippen LogP contribution in [-0.4, -0.2) is 10.3 Å². The Balaban J connectivity index is 3.67. The summed E-state index contributed by atoms with van der Waals surface area (Å²) in [5.74, 6) is 0.0711. The van der Waals surface area contributed by atoms with Crippen LogP contribution in [0.4, 0.5) is 5.69 Å². The average Bonchev–Trinajstić information content (AvgIpc) is 2.20. The van der Waals surface area contributed by atoms with Crippen molar-refractivity contribution in [1.29, 1.82) is 0 Å². The van der Waals surface area contributed by atoms with Gasteiger partial charge >= 0.3 is 0 Å². The van der Waals surface area contributed by atoms with Gasteiger partial charge in [-0.1, -0.05) is 30.9 Å². The van der Waals surface area contributed by atoms with Crippen molar-refractivity contribution in [3.63, 3.8) is 0 Å². The SMILES string of the molecule is C=CC=c1ccc(O)c([NH2+]O)c1=CC. The number of hydrogen-bond acceptors (Lipinski definition) is 2. The van der Waals surface area contributed by atoms with Gasteiger partial charge in [0, 0.05) is 5.22 Å². The molecule has 0 aliphatic rings. The number of rotatable bonds is 2. The van der Waals surface area contributed by atoms with Gasteiger partial charge in [0.05, 0.1) is 0 Å². The summed E-state index contributed by atoms with van der Waals surface area (Å²) >= 11 is 0. The molecule has 0 fully saturated rings. The molecule has 0 aromatic heterocycles. The second-order valence-electron chi connectivity index (χ2n) is 2.82. The zero-order valence-corrected chi connectivity index (χ0v) is 8.07. The lowest BCUT2D eigenvalue weighted by Gasteiger charge is -1.98. The summed E-state index contributed by atoms with van der Waals surface area (Å²) in [5.41, 5.74) is 1.34. The van der Waals surface area contributed by atoms with Gasteiger partial charge in [0.2, 0.25) is 5.69 Å². The van der Waals surface area contributed by atoms with E-state index in [0.29, 0.717) is 5.69 Å². The van der Waals surface area contributed by atoms with Gasteiger partial charge in [-0.2, -0.15) is 5.48 Å². The highest BCUT2D eigenvalue weighted by Gasteiger charge is 2.05. The van der Waals surface area contributed by atoms with E-state index in [1.807, 2.05) is 19.1 Å². The van der Waals surface area contributed by atoms with E-state index in [1.165, 1.54) is 0 Å². The highest BCUT2D eigenvalue weighted by Crippen LogP contribution is 2.09. The standard InChI is InChI=1S/C11H13NO2/c1-3-5-8-6-7-10(13)11(12-14)9(8)4-2/h3-7,12-14H,1H2,2H3/p+1. The van der Waals surface area contributed by atoms with Crippen LogP contribution in [0, 0.1) is 0 Å². The number of quaternary nitrogens is 1. The average molecular weight is 192 g/mol. The molecule has 0 heterocycles. The summed E-state index contributed by atoms with van der Waals surface area (Å²) in [7, 11) is 0. The molecule has 14 heavy (non-hydrogen) atoms. The molecule has 0 spiro atoms. The van der Waals surface area contributed by atoms with Crippen LogP contribution < -0.4 is 15.9 Å². The molecule has 0 aliphatic heterocycles. The lowest BCUT2D eigenvalue weighted by atomic mass is 10.1. The smallest absolute Gasteiger partial charge is 0.211 e. The summed E-state index contributed by atoms with van der Waals surface area (Å²) in [4.78, 5) is 0. The fourth-order valence-corrected chi connectivity index (χ4v) is 1.37. The molecule has 4 N–H and O–H groups in total. The Labute approximate surface area is 82.3 Å². The van der Waals surface area contributed by atoms with Gasteiger partial charge in [-0.05, 0) is 18.2 Å². The summed E-state index contributed by atoms with van der Waals surface area (Å²) < 4.78 is 0. The Hall–Kier alpha value is -1.58. The topological polar surface area (TPSA) is 57.1 Å². The number of phenolic OH excluding ortho intramolecular Hbond substituents is 1. The van der Waals surface area contributed by atoms with Crippen molar-refractivity contribution >= 4 is 17.8 Å². The quantitative estimate of drug-likeness (QED) is 0.343.